The zero-order chi connectivity index (χ0) is 17.5. The minimum Gasteiger partial charge on any atom is -0.374 e. The lowest BCUT2D eigenvalue weighted by Crippen LogP contribution is -2.53. The second-order valence-electron chi connectivity index (χ2n) is 5.87. The van der Waals surface area contributed by atoms with E-state index in [1.165, 1.54) is 35.5 Å². The quantitative estimate of drug-likeness (QED) is 0.787. The molecular weight excluding hydrogens is 356 g/mol. The number of benzene rings is 1. The molecule has 1 aromatic carbocycles. The number of sulfonamides is 1. The molecule has 0 aliphatic carbocycles. The van der Waals surface area contributed by atoms with Crippen LogP contribution in [0.5, 0.6) is 0 Å². The third kappa shape index (κ3) is 3.32. The number of anilines is 1. The molecule has 2 fully saturated rings. The van der Waals surface area contributed by atoms with Crippen LogP contribution in [0.3, 0.4) is 0 Å². The highest BCUT2D eigenvalue weighted by atomic mass is 32.2. The van der Waals surface area contributed by atoms with Crippen LogP contribution in [0.1, 0.15) is 6.92 Å². The molecule has 0 spiro atoms. The SMILES string of the molecule is CC(=O)Nc1ccc(S(=O)(=O)N2CCOC3CS(=O)(=O)CC32)cc1. The lowest BCUT2D eigenvalue weighted by atomic mass is 10.2. The monoisotopic (exact) mass is 374 g/mol. The molecule has 2 heterocycles. The molecule has 3 rings (SSSR count). The van der Waals surface area contributed by atoms with Crippen molar-refractivity contribution in [3.63, 3.8) is 0 Å². The Balaban J connectivity index is 1.88. The van der Waals surface area contributed by atoms with Crippen LogP contribution in [-0.2, 0) is 29.4 Å². The molecular formula is C14H18N2O6S2. The summed E-state index contributed by atoms with van der Waals surface area (Å²) in [5, 5.41) is 2.56. The summed E-state index contributed by atoms with van der Waals surface area (Å²) in [6, 6.07) is 5.10. The van der Waals surface area contributed by atoms with Gasteiger partial charge in [-0.3, -0.25) is 4.79 Å². The second kappa shape index (κ2) is 6.10. The number of morpholine rings is 1. The first-order valence-electron chi connectivity index (χ1n) is 7.40. The van der Waals surface area contributed by atoms with Crippen molar-refractivity contribution in [1.82, 2.24) is 4.31 Å². The molecule has 0 saturated carbocycles. The summed E-state index contributed by atoms with van der Waals surface area (Å²) in [5.74, 6) is -0.621. The molecule has 132 valence electrons. The predicted molar refractivity (Wildman–Crippen MR) is 86.8 cm³/mol. The van der Waals surface area contributed by atoms with Gasteiger partial charge in [0, 0.05) is 19.2 Å². The van der Waals surface area contributed by atoms with Crippen molar-refractivity contribution in [1.29, 1.82) is 0 Å². The zero-order valence-corrected chi connectivity index (χ0v) is 14.6. The van der Waals surface area contributed by atoms with E-state index in [1.807, 2.05) is 0 Å². The topological polar surface area (TPSA) is 110 Å². The number of carbonyl (C=O) groups is 1. The fourth-order valence-electron chi connectivity index (χ4n) is 3.03. The molecule has 1 N–H and O–H groups in total. The van der Waals surface area contributed by atoms with Gasteiger partial charge in [-0.05, 0) is 24.3 Å². The van der Waals surface area contributed by atoms with Crippen LogP contribution in [0, 0.1) is 0 Å². The van der Waals surface area contributed by atoms with Crippen molar-refractivity contribution in [2.75, 3.05) is 30.0 Å². The van der Waals surface area contributed by atoms with Gasteiger partial charge in [-0.25, -0.2) is 16.8 Å². The molecule has 2 aliphatic rings. The Hall–Kier alpha value is -1.49. The number of hydrogen-bond donors (Lipinski definition) is 1. The van der Waals surface area contributed by atoms with Crippen molar-refractivity contribution in [2.24, 2.45) is 0 Å². The Bertz CT molecular complexity index is 848. The largest absolute Gasteiger partial charge is 0.374 e. The Morgan fingerprint density at radius 3 is 2.54 bits per heavy atom. The molecule has 0 bridgehead atoms. The molecule has 2 unspecified atom stereocenters. The van der Waals surface area contributed by atoms with E-state index in [1.54, 1.807) is 0 Å². The van der Waals surface area contributed by atoms with E-state index in [0.29, 0.717) is 5.69 Å². The number of amides is 1. The van der Waals surface area contributed by atoms with E-state index in [0.717, 1.165) is 0 Å². The fraction of sp³-hybridized carbons (Fsp3) is 0.500. The van der Waals surface area contributed by atoms with Gasteiger partial charge < -0.3 is 10.1 Å². The molecule has 2 atom stereocenters. The van der Waals surface area contributed by atoms with Crippen LogP contribution < -0.4 is 5.32 Å². The number of fused-ring (bicyclic) bond motifs is 1. The summed E-state index contributed by atoms with van der Waals surface area (Å²) < 4.78 is 56.0. The first-order chi connectivity index (χ1) is 11.2. The summed E-state index contributed by atoms with van der Waals surface area (Å²) in [6.07, 6.45) is -0.614. The molecule has 2 saturated heterocycles. The van der Waals surface area contributed by atoms with Crippen LogP contribution in [0.15, 0.2) is 29.2 Å². The molecule has 0 aromatic heterocycles. The number of hydrogen-bond acceptors (Lipinski definition) is 6. The molecule has 8 nitrogen and oxygen atoms in total. The summed E-state index contributed by atoms with van der Waals surface area (Å²) in [4.78, 5) is 11.1. The van der Waals surface area contributed by atoms with Gasteiger partial charge in [0.1, 0.15) is 0 Å². The fourth-order valence-corrected chi connectivity index (χ4v) is 6.63. The van der Waals surface area contributed by atoms with E-state index in [-0.39, 0.29) is 35.5 Å². The van der Waals surface area contributed by atoms with E-state index >= 15 is 0 Å². The normalized spacial score (nSPS) is 26.7. The molecule has 2 aliphatic heterocycles. The Labute approximate surface area is 140 Å². The summed E-state index contributed by atoms with van der Waals surface area (Å²) in [5.41, 5.74) is 0.491. The van der Waals surface area contributed by atoms with Crippen molar-refractivity contribution in [3.8, 4) is 0 Å². The Kier molecular flexibility index (Phi) is 4.41. The maximum atomic E-state index is 12.9. The number of nitrogens with zero attached hydrogens (tertiary/aromatic N) is 1. The number of carbonyl (C=O) groups excluding carboxylic acids is 1. The van der Waals surface area contributed by atoms with E-state index in [9.17, 15) is 21.6 Å². The minimum atomic E-state index is -3.84. The summed E-state index contributed by atoms with van der Waals surface area (Å²) in [7, 11) is -7.14. The highest BCUT2D eigenvalue weighted by molar-refractivity contribution is 7.92. The van der Waals surface area contributed by atoms with Crippen LogP contribution >= 0.6 is 0 Å². The first kappa shape index (κ1) is 17.3. The van der Waals surface area contributed by atoms with Gasteiger partial charge >= 0.3 is 0 Å². The van der Waals surface area contributed by atoms with E-state index < -0.39 is 32.0 Å². The lowest BCUT2D eigenvalue weighted by molar-refractivity contribution is -0.114. The average Bonchev–Trinajstić information content (AvgIpc) is 2.80. The minimum absolute atomic E-state index is 0.0570. The molecule has 0 radical (unpaired) electrons. The maximum absolute atomic E-state index is 12.9. The van der Waals surface area contributed by atoms with E-state index in [4.69, 9.17) is 4.74 Å². The average molecular weight is 374 g/mol. The molecule has 1 aromatic rings. The third-order valence-electron chi connectivity index (χ3n) is 4.07. The zero-order valence-electron chi connectivity index (χ0n) is 13.0. The van der Waals surface area contributed by atoms with Crippen LogP contribution in [0.4, 0.5) is 5.69 Å². The highest BCUT2D eigenvalue weighted by Gasteiger charge is 2.48. The number of rotatable bonds is 3. The van der Waals surface area contributed by atoms with Gasteiger partial charge in [0.15, 0.2) is 9.84 Å². The molecule has 1 amide bonds. The van der Waals surface area contributed by atoms with Gasteiger partial charge in [0.2, 0.25) is 15.9 Å². The third-order valence-corrected chi connectivity index (χ3v) is 7.69. The number of ether oxygens (including phenoxy) is 1. The Morgan fingerprint density at radius 2 is 1.92 bits per heavy atom. The number of nitrogens with one attached hydrogen (secondary N) is 1. The van der Waals surface area contributed by atoms with Crippen LogP contribution in [0.2, 0.25) is 0 Å². The summed E-state index contributed by atoms with van der Waals surface area (Å²) >= 11 is 0. The van der Waals surface area contributed by atoms with Gasteiger partial charge in [-0.15, -0.1) is 0 Å². The van der Waals surface area contributed by atoms with Gasteiger partial charge in [0.25, 0.3) is 0 Å². The first-order valence-corrected chi connectivity index (χ1v) is 10.7. The number of sulfone groups is 1. The van der Waals surface area contributed by atoms with Crippen molar-refractivity contribution >= 4 is 31.5 Å². The van der Waals surface area contributed by atoms with Gasteiger partial charge in [-0.2, -0.15) is 4.31 Å². The lowest BCUT2D eigenvalue weighted by Gasteiger charge is -2.35. The standard InChI is InChI=1S/C14H18N2O6S2/c1-10(17)15-11-2-4-12(5-3-11)24(20,21)16-6-7-22-14-9-23(18,19)8-13(14)16/h2-5,13-14H,6-9H2,1H3,(H,15,17). The van der Waals surface area contributed by atoms with E-state index in [2.05, 4.69) is 5.32 Å². The van der Waals surface area contributed by atoms with Gasteiger partial charge in [0.05, 0.1) is 35.2 Å². The van der Waals surface area contributed by atoms with Gasteiger partial charge in [-0.1, -0.05) is 0 Å². The van der Waals surface area contributed by atoms with Crippen molar-refractivity contribution in [3.05, 3.63) is 24.3 Å². The molecule has 10 heteroatoms. The van der Waals surface area contributed by atoms with Crippen LogP contribution in [-0.4, -0.2) is 63.9 Å². The summed E-state index contributed by atoms with van der Waals surface area (Å²) in [6.45, 7) is 1.64. The highest BCUT2D eigenvalue weighted by Crippen LogP contribution is 2.30. The van der Waals surface area contributed by atoms with Crippen molar-refractivity contribution in [2.45, 2.75) is 24.0 Å². The smallest absolute Gasteiger partial charge is 0.243 e. The second-order valence-corrected chi connectivity index (χ2v) is 9.92. The molecule has 24 heavy (non-hydrogen) atoms. The maximum Gasteiger partial charge on any atom is 0.243 e. The van der Waals surface area contributed by atoms with Crippen molar-refractivity contribution < 1.29 is 26.4 Å². The Morgan fingerprint density at radius 1 is 1.25 bits per heavy atom. The predicted octanol–water partition coefficient (Wildman–Crippen LogP) is -0.168. The van der Waals surface area contributed by atoms with Crippen LogP contribution in [0.25, 0.3) is 0 Å².